The van der Waals surface area contributed by atoms with Gasteiger partial charge in [0.1, 0.15) is 24.1 Å². The summed E-state index contributed by atoms with van der Waals surface area (Å²) >= 11 is 8.01. The van der Waals surface area contributed by atoms with E-state index in [0.29, 0.717) is 22.2 Å². The molecule has 0 radical (unpaired) electrons. The van der Waals surface area contributed by atoms with E-state index in [2.05, 4.69) is 15.0 Å². The Morgan fingerprint density at radius 3 is 2.92 bits per heavy atom. The highest BCUT2D eigenvalue weighted by Crippen LogP contribution is 2.36. The summed E-state index contributed by atoms with van der Waals surface area (Å²) in [6.07, 6.45) is 3.88. The molecule has 0 spiro atoms. The van der Waals surface area contributed by atoms with E-state index in [9.17, 15) is 10.2 Å². The van der Waals surface area contributed by atoms with Gasteiger partial charge >= 0.3 is 0 Å². The molecule has 8 nitrogen and oxygen atoms in total. The van der Waals surface area contributed by atoms with Crippen LogP contribution in [0.25, 0.3) is 11.2 Å². The van der Waals surface area contributed by atoms with E-state index < -0.39 is 24.5 Å². The Balaban J connectivity index is 1.46. The largest absolute Gasteiger partial charge is 0.387 e. The van der Waals surface area contributed by atoms with Gasteiger partial charge in [-0.05, 0) is 19.3 Å². The maximum atomic E-state index is 10.5. The van der Waals surface area contributed by atoms with Crippen LogP contribution >= 0.6 is 23.4 Å². The molecule has 0 amide bonds. The molecule has 3 unspecified atom stereocenters. The number of nitrogen functional groups attached to an aromatic ring is 1. The maximum absolute atomic E-state index is 10.5. The predicted molar refractivity (Wildman–Crippen MR) is 100 cm³/mol. The summed E-state index contributed by atoms with van der Waals surface area (Å²) in [6.45, 7) is 0. The quantitative estimate of drug-likeness (QED) is 0.658. The first-order valence-corrected chi connectivity index (χ1v) is 10.2. The van der Waals surface area contributed by atoms with Crippen LogP contribution in [0.1, 0.15) is 31.9 Å². The van der Waals surface area contributed by atoms with Crippen LogP contribution in [0.2, 0.25) is 0 Å². The van der Waals surface area contributed by atoms with Crippen LogP contribution in [0.3, 0.4) is 0 Å². The van der Waals surface area contributed by atoms with Gasteiger partial charge in [-0.25, -0.2) is 15.0 Å². The molecule has 0 bridgehead atoms. The van der Waals surface area contributed by atoms with Crippen LogP contribution in [0.4, 0.5) is 5.82 Å². The molecule has 4 N–H and O–H groups in total. The molecule has 10 heteroatoms. The number of hydrogen-bond donors (Lipinski definition) is 3. The van der Waals surface area contributed by atoms with Gasteiger partial charge in [-0.2, -0.15) is 11.8 Å². The molecule has 6 atom stereocenters. The number of hydrogen-bond acceptors (Lipinski definition) is 8. The van der Waals surface area contributed by atoms with Crippen LogP contribution in [-0.2, 0) is 4.74 Å². The average molecular weight is 400 g/mol. The Morgan fingerprint density at radius 1 is 1.27 bits per heavy atom. The molecule has 2 fully saturated rings. The minimum atomic E-state index is -1.07. The van der Waals surface area contributed by atoms with Crippen LogP contribution in [0, 0.1) is 0 Å². The number of aliphatic hydroxyl groups is 2. The molecular formula is C16H22ClN5O3S. The molecule has 26 heavy (non-hydrogen) atoms. The van der Waals surface area contributed by atoms with Crippen LogP contribution in [0.5, 0.6) is 0 Å². The van der Waals surface area contributed by atoms with Gasteiger partial charge in [0.05, 0.1) is 12.4 Å². The summed E-state index contributed by atoms with van der Waals surface area (Å²) < 4.78 is 7.56. The van der Waals surface area contributed by atoms with E-state index >= 15 is 0 Å². The lowest BCUT2D eigenvalue weighted by atomic mass is 10.00. The topological polar surface area (TPSA) is 119 Å². The van der Waals surface area contributed by atoms with Gasteiger partial charge in [-0.3, -0.25) is 4.57 Å². The number of nitrogens with two attached hydrogens (primary N) is 1. The van der Waals surface area contributed by atoms with Crippen molar-refractivity contribution in [1.82, 2.24) is 19.5 Å². The smallest absolute Gasteiger partial charge is 0.167 e. The summed E-state index contributed by atoms with van der Waals surface area (Å²) in [5, 5.41) is 21.6. The van der Waals surface area contributed by atoms with Crippen molar-refractivity contribution >= 4 is 40.3 Å². The number of ether oxygens (including phenoxy) is 1. The Kier molecular flexibility index (Phi) is 5.24. The van der Waals surface area contributed by atoms with Crippen LogP contribution in [-0.4, -0.2) is 64.4 Å². The number of nitrogens with zero attached hydrogens (tertiary/aromatic N) is 4. The lowest BCUT2D eigenvalue weighted by molar-refractivity contribution is -0.0289. The lowest BCUT2D eigenvalue weighted by Gasteiger charge is -2.26. The summed E-state index contributed by atoms with van der Waals surface area (Å²) in [5.74, 6) is 0.869. The van der Waals surface area contributed by atoms with Gasteiger partial charge in [0.25, 0.3) is 0 Å². The third-order valence-corrected chi connectivity index (χ3v) is 6.87. The second-order valence-corrected chi connectivity index (χ2v) is 8.80. The Morgan fingerprint density at radius 2 is 2.12 bits per heavy atom. The molecule has 4 rings (SSSR count). The van der Waals surface area contributed by atoms with E-state index in [1.54, 1.807) is 16.3 Å². The van der Waals surface area contributed by atoms with Gasteiger partial charge in [-0.1, -0.05) is 6.42 Å². The number of aliphatic hydroxyl groups excluding tert-OH is 2. The highest BCUT2D eigenvalue weighted by molar-refractivity contribution is 7.99. The summed E-state index contributed by atoms with van der Waals surface area (Å²) in [7, 11) is 0. The fourth-order valence-electron chi connectivity index (χ4n) is 3.62. The number of aromatic nitrogens is 4. The van der Waals surface area contributed by atoms with Crippen LogP contribution < -0.4 is 5.73 Å². The third kappa shape index (κ3) is 3.38. The van der Waals surface area contributed by atoms with Crippen molar-refractivity contribution in [3.05, 3.63) is 12.7 Å². The van der Waals surface area contributed by atoms with E-state index in [-0.39, 0.29) is 11.2 Å². The van der Waals surface area contributed by atoms with Crippen molar-refractivity contribution < 1.29 is 14.9 Å². The molecule has 142 valence electrons. The first-order valence-electron chi connectivity index (χ1n) is 8.75. The van der Waals surface area contributed by atoms with E-state index in [4.69, 9.17) is 22.1 Å². The standard InChI is InChI=1S/C16H22ClN5O3S/c17-8-2-1-3-9(4-8)26-5-10-12(23)13(24)16(25-10)22-7-21-11-14(18)19-6-20-15(11)22/h6-10,12-13,16,23-24H,1-5H2,(H2,18,19,20)/t8?,9?,10-,12-,13-,16?/m1/s1. The normalized spacial score (nSPS) is 35.2. The highest BCUT2D eigenvalue weighted by Gasteiger charge is 2.44. The number of thioether (sulfide) groups is 1. The minimum absolute atomic E-state index is 0.233. The fraction of sp³-hybridized carbons (Fsp3) is 0.688. The molecule has 3 heterocycles. The van der Waals surface area contributed by atoms with E-state index in [1.807, 2.05) is 0 Å². The van der Waals surface area contributed by atoms with Gasteiger partial charge in [0.15, 0.2) is 17.7 Å². The SMILES string of the molecule is Nc1ncnc2c1ncn2C1O[C@H](CSC2CCCC(Cl)C2)[C@@H](O)[C@H]1O. The molecule has 1 aliphatic heterocycles. The lowest BCUT2D eigenvalue weighted by Crippen LogP contribution is -2.33. The second-order valence-electron chi connectivity index (χ2n) is 6.85. The number of alkyl halides is 1. The summed E-state index contributed by atoms with van der Waals surface area (Å²) in [6, 6.07) is 0. The van der Waals surface area contributed by atoms with E-state index in [1.165, 1.54) is 12.7 Å². The number of halogens is 1. The minimum Gasteiger partial charge on any atom is -0.387 e. The van der Waals surface area contributed by atoms with Crippen molar-refractivity contribution in [3.8, 4) is 0 Å². The predicted octanol–water partition coefficient (Wildman–Crippen LogP) is 1.31. The highest BCUT2D eigenvalue weighted by atomic mass is 35.5. The van der Waals surface area contributed by atoms with Gasteiger partial charge < -0.3 is 20.7 Å². The molecule has 2 aliphatic rings. The zero-order chi connectivity index (χ0) is 18.3. The molecule has 1 saturated carbocycles. The van der Waals surface area contributed by atoms with Crippen molar-refractivity contribution in [2.75, 3.05) is 11.5 Å². The first-order chi connectivity index (χ1) is 12.5. The number of imidazole rings is 1. The van der Waals surface area contributed by atoms with Crippen molar-refractivity contribution in [2.24, 2.45) is 0 Å². The third-order valence-electron chi connectivity index (χ3n) is 5.06. The zero-order valence-corrected chi connectivity index (χ0v) is 15.7. The monoisotopic (exact) mass is 399 g/mol. The Labute approximate surface area is 160 Å². The zero-order valence-electron chi connectivity index (χ0n) is 14.1. The van der Waals surface area contributed by atoms with E-state index in [0.717, 1.165) is 25.7 Å². The van der Waals surface area contributed by atoms with Crippen molar-refractivity contribution in [1.29, 1.82) is 0 Å². The Hall–Kier alpha value is -1.13. The average Bonchev–Trinajstić information content (AvgIpc) is 3.17. The summed E-state index contributed by atoms with van der Waals surface area (Å²) in [5.41, 5.74) is 6.73. The number of anilines is 1. The molecule has 2 aromatic heterocycles. The Bertz CT molecular complexity index is 777. The van der Waals surface area contributed by atoms with Gasteiger partial charge in [-0.15, -0.1) is 11.6 Å². The van der Waals surface area contributed by atoms with Crippen LogP contribution in [0.15, 0.2) is 12.7 Å². The molecule has 2 aromatic rings. The first kappa shape index (κ1) is 18.2. The van der Waals surface area contributed by atoms with Gasteiger partial charge in [0.2, 0.25) is 0 Å². The maximum Gasteiger partial charge on any atom is 0.167 e. The fourth-order valence-corrected chi connectivity index (χ4v) is 5.54. The number of rotatable bonds is 4. The number of fused-ring (bicyclic) bond motifs is 1. The second kappa shape index (κ2) is 7.47. The van der Waals surface area contributed by atoms with Gasteiger partial charge in [0, 0.05) is 16.4 Å². The molecule has 1 saturated heterocycles. The summed E-state index contributed by atoms with van der Waals surface area (Å²) in [4.78, 5) is 12.3. The van der Waals surface area contributed by atoms with Crippen molar-refractivity contribution in [3.63, 3.8) is 0 Å². The molecule has 1 aliphatic carbocycles. The molecule has 0 aromatic carbocycles. The van der Waals surface area contributed by atoms with Crippen molar-refractivity contribution in [2.45, 2.75) is 60.9 Å². The molecular weight excluding hydrogens is 378 g/mol.